The number of carbonyl (C=O) groups is 3. The third-order valence-corrected chi connectivity index (χ3v) is 0.485. The van der Waals surface area contributed by atoms with Gasteiger partial charge in [-0.2, -0.15) is 26.3 Å². The van der Waals surface area contributed by atoms with Crippen molar-refractivity contribution in [3.05, 3.63) is 0 Å². The molecule has 0 bridgehead atoms. The second kappa shape index (κ2) is 8.14. The number of carbonyl (C=O) groups excluding carboxylic acids is 1. The molecule has 0 aromatic rings. The van der Waals surface area contributed by atoms with Crippen LogP contribution in [0.4, 0.5) is 26.3 Å². The predicted molar refractivity (Wildman–Crippen MR) is 42.2 cm³/mol. The first kappa shape index (κ1) is 21.3. The first-order valence-corrected chi connectivity index (χ1v) is 3.48. The monoisotopic (exact) mass is 287 g/mol. The van der Waals surface area contributed by atoms with Crippen LogP contribution < -0.4 is 5.73 Å². The van der Waals surface area contributed by atoms with Gasteiger partial charge >= 0.3 is 24.3 Å². The first-order chi connectivity index (χ1) is 7.62. The molecule has 0 aromatic carbocycles. The van der Waals surface area contributed by atoms with Gasteiger partial charge in [-0.05, 0) is 0 Å². The van der Waals surface area contributed by atoms with Crippen molar-refractivity contribution in [2.75, 3.05) is 0 Å². The number of primary amides is 1. The summed E-state index contributed by atoms with van der Waals surface area (Å²) in [5.41, 5.74) is 4.47. The number of carboxylic acids is 2. The molecule has 0 fully saturated rings. The zero-order valence-electron chi connectivity index (χ0n) is 8.46. The van der Waals surface area contributed by atoms with E-state index in [1.54, 1.807) is 0 Å². The van der Waals surface area contributed by atoms with Gasteiger partial charge in [0.05, 0.1) is 0 Å². The highest BCUT2D eigenvalue weighted by atomic mass is 19.4. The standard InChI is InChI=1S/2C2HF3O2.C2H5NO/c2*3-2(4,5)1(6)7;1-2(3)4/h2*(H,6,7);1H3,(H2,3,4). The molecule has 0 aliphatic carbocycles. The molecule has 0 saturated carbocycles. The van der Waals surface area contributed by atoms with Crippen LogP contribution >= 0.6 is 0 Å². The Labute approximate surface area is 95.0 Å². The minimum absolute atomic E-state index is 0.333. The van der Waals surface area contributed by atoms with Gasteiger partial charge in [0.2, 0.25) is 5.91 Å². The number of aliphatic carboxylic acids is 2. The number of rotatable bonds is 0. The quantitative estimate of drug-likeness (QED) is 0.568. The third kappa shape index (κ3) is 23.7. The van der Waals surface area contributed by atoms with Gasteiger partial charge in [-0.1, -0.05) is 0 Å². The lowest BCUT2D eigenvalue weighted by molar-refractivity contribution is -0.193. The Bertz CT molecular complexity index is 268. The van der Waals surface area contributed by atoms with Crippen LogP contribution in [0.2, 0.25) is 0 Å². The van der Waals surface area contributed by atoms with Crippen LogP contribution in [-0.4, -0.2) is 40.4 Å². The maximum Gasteiger partial charge on any atom is 0.490 e. The second-order valence-corrected chi connectivity index (χ2v) is 2.22. The van der Waals surface area contributed by atoms with E-state index in [9.17, 15) is 31.1 Å². The highest BCUT2D eigenvalue weighted by Gasteiger charge is 2.38. The van der Waals surface area contributed by atoms with Crippen LogP contribution in [0.5, 0.6) is 0 Å². The normalized spacial score (nSPS) is 10.2. The van der Waals surface area contributed by atoms with E-state index in [4.69, 9.17) is 19.8 Å². The fourth-order valence-corrected chi connectivity index (χ4v) is 0. The van der Waals surface area contributed by atoms with Crippen LogP contribution in [0.3, 0.4) is 0 Å². The summed E-state index contributed by atoms with van der Waals surface area (Å²) in [5.74, 6) is -5.85. The van der Waals surface area contributed by atoms with Crippen molar-refractivity contribution in [3.63, 3.8) is 0 Å². The van der Waals surface area contributed by atoms with Crippen molar-refractivity contribution >= 4 is 17.8 Å². The van der Waals surface area contributed by atoms with Gasteiger partial charge in [0.1, 0.15) is 0 Å². The smallest absolute Gasteiger partial charge is 0.475 e. The van der Waals surface area contributed by atoms with Gasteiger partial charge in [-0.3, -0.25) is 4.79 Å². The molecule has 108 valence electrons. The molecule has 12 heteroatoms. The van der Waals surface area contributed by atoms with Gasteiger partial charge in [-0.25, -0.2) is 9.59 Å². The molecule has 6 nitrogen and oxygen atoms in total. The average molecular weight is 287 g/mol. The Hall–Kier alpha value is -2.01. The molecule has 18 heavy (non-hydrogen) atoms. The number of hydrogen-bond acceptors (Lipinski definition) is 3. The van der Waals surface area contributed by atoms with E-state index in [0.29, 0.717) is 0 Å². The van der Waals surface area contributed by atoms with Crippen LogP contribution in [0.1, 0.15) is 6.92 Å². The molecular weight excluding hydrogens is 280 g/mol. The van der Waals surface area contributed by atoms with Crippen molar-refractivity contribution in [2.24, 2.45) is 5.73 Å². The average Bonchev–Trinajstić information content (AvgIpc) is 1.99. The van der Waals surface area contributed by atoms with Crippen molar-refractivity contribution < 1.29 is 50.9 Å². The molecule has 1 amide bonds. The molecule has 0 unspecified atom stereocenters. The zero-order valence-corrected chi connectivity index (χ0v) is 8.46. The fraction of sp³-hybridized carbons (Fsp3) is 0.500. The van der Waals surface area contributed by atoms with Gasteiger partial charge in [0.25, 0.3) is 0 Å². The SMILES string of the molecule is CC(N)=O.O=C(O)C(F)(F)F.O=C(O)C(F)(F)F. The summed E-state index contributed by atoms with van der Waals surface area (Å²) in [6, 6.07) is 0. The first-order valence-electron chi connectivity index (χ1n) is 3.48. The molecule has 4 N–H and O–H groups in total. The summed E-state index contributed by atoms with van der Waals surface area (Å²) in [7, 11) is 0. The molecule has 0 saturated heterocycles. The third-order valence-electron chi connectivity index (χ3n) is 0.485. The summed E-state index contributed by atoms with van der Waals surface area (Å²) in [6.07, 6.45) is -10.2. The molecule has 0 aromatic heterocycles. The summed E-state index contributed by atoms with van der Waals surface area (Å²) in [5, 5.41) is 14.2. The van der Waals surface area contributed by atoms with Gasteiger partial charge in [-0.15, -0.1) is 0 Å². The van der Waals surface area contributed by atoms with E-state index in [-0.39, 0.29) is 5.91 Å². The van der Waals surface area contributed by atoms with Crippen LogP contribution in [0.15, 0.2) is 0 Å². The summed E-state index contributed by atoms with van der Waals surface area (Å²) in [4.78, 5) is 27.0. The minimum Gasteiger partial charge on any atom is -0.475 e. The van der Waals surface area contributed by atoms with Crippen molar-refractivity contribution in [2.45, 2.75) is 19.3 Å². The maximum absolute atomic E-state index is 10.6. The Morgan fingerprint density at radius 2 is 0.889 bits per heavy atom. The topological polar surface area (TPSA) is 118 Å². The lowest BCUT2D eigenvalue weighted by atomic mass is 10.7. The summed E-state index contributed by atoms with van der Waals surface area (Å²) < 4.78 is 63.5. The van der Waals surface area contributed by atoms with Gasteiger partial charge in [0.15, 0.2) is 0 Å². The molecule has 0 aliphatic rings. The van der Waals surface area contributed by atoms with E-state index < -0.39 is 24.3 Å². The number of halogens is 6. The summed E-state index contributed by atoms with van der Waals surface area (Å²) in [6.45, 7) is 1.31. The van der Waals surface area contributed by atoms with Gasteiger partial charge < -0.3 is 15.9 Å². The fourth-order valence-electron chi connectivity index (χ4n) is 0. The maximum atomic E-state index is 10.6. The van der Waals surface area contributed by atoms with Crippen LogP contribution in [0.25, 0.3) is 0 Å². The van der Waals surface area contributed by atoms with Crippen molar-refractivity contribution in [1.82, 2.24) is 0 Å². The summed E-state index contributed by atoms with van der Waals surface area (Å²) >= 11 is 0. The Balaban J connectivity index is -0.000000196. The zero-order chi connectivity index (χ0) is 15.7. The Kier molecular flexibility index (Phi) is 9.62. The number of hydrogen-bond donors (Lipinski definition) is 3. The Morgan fingerprint density at radius 1 is 0.833 bits per heavy atom. The lowest BCUT2D eigenvalue weighted by Gasteiger charge is -1.93. The molecule has 0 aliphatic heterocycles. The number of nitrogens with two attached hydrogens (primary N) is 1. The van der Waals surface area contributed by atoms with Crippen molar-refractivity contribution in [1.29, 1.82) is 0 Å². The second-order valence-electron chi connectivity index (χ2n) is 2.22. The molecule has 0 rings (SSSR count). The van der Waals surface area contributed by atoms with Gasteiger partial charge in [0, 0.05) is 6.92 Å². The van der Waals surface area contributed by atoms with E-state index in [1.807, 2.05) is 0 Å². The van der Waals surface area contributed by atoms with E-state index in [1.165, 1.54) is 6.92 Å². The van der Waals surface area contributed by atoms with E-state index in [0.717, 1.165) is 0 Å². The number of alkyl halides is 6. The highest BCUT2D eigenvalue weighted by molar-refractivity contribution is 5.73. The van der Waals surface area contributed by atoms with Crippen LogP contribution in [0, 0.1) is 0 Å². The molecule has 0 heterocycles. The largest absolute Gasteiger partial charge is 0.490 e. The van der Waals surface area contributed by atoms with Crippen molar-refractivity contribution in [3.8, 4) is 0 Å². The van der Waals surface area contributed by atoms with E-state index in [2.05, 4.69) is 5.73 Å². The highest BCUT2D eigenvalue weighted by Crippen LogP contribution is 2.13. The van der Waals surface area contributed by atoms with E-state index >= 15 is 0 Å². The molecule has 0 spiro atoms. The number of amides is 1. The minimum atomic E-state index is -5.08. The Morgan fingerprint density at radius 3 is 0.889 bits per heavy atom. The lowest BCUT2D eigenvalue weighted by Crippen LogP contribution is -2.21. The molecule has 0 radical (unpaired) electrons. The molecular formula is C6H7F6NO5. The molecule has 0 atom stereocenters. The van der Waals surface area contributed by atoms with Crippen LogP contribution in [-0.2, 0) is 14.4 Å². The number of carboxylic acid groups (broad SMARTS) is 2. The predicted octanol–water partition coefficient (Wildman–Crippen LogP) is 0.758.